The van der Waals surface area contributed by atoms with E-state index in [1.54, 1.807) is 0 Å². The number of aryl methyl sites for hydroxylation is 1. The molecule has 1 saturated heterocycles. The van der Waals surface area contributed by atoms with Crippen molar-refractivity contribution in [3.63, 3.8) is 0 Å². The van der Waals surface area contributed by atoms with Gasteiger partial charge in [-0.1, -0.05) is 44.2 Å². The third kappa shape index (κ3) is 3.61. The van der Waals surface area contributed by atoms with Gasteiger partial charge in [0.15, 0.2) is 5.13 Å². The average molecular weight is 415 g/mol. The summed E-state index contributed by atoms with van der Waals surface area (Å²) < 4.78 is 0.979. The first-order valence-electron chi connectivity index (χ1n) is 9.89. The predicted octanol–water partition coefficient (Wildman–Crippen LogP) is 3.68. The summed E-state index contributed by atoms with van der Waals surface area (Å²) in [5.41, 5.74) is 0.938. The van der Waals surface area contributed by atoms with E-state index in [1.165, 1.54) is 11.3 Å². The van der Waals surface area contributed by atoms with Crippen LogP contribution in [0.3, 0.4) is 0 Å². The first-order chi connectivity index (χ1) is 13.6. The average Bonchev–Trinajstić information content (AvgIpc) is 3.08. The lowest BCUT2D eigenvalue weighted by atomic mass is 9.64. The molecule has 1 aromatic heterocycles. The number of carbonyl (C=O) groups is 3. The number of fused-ring (bicyclic) bond motifs is 1. The Kier molecular flexibility index (Phi) is 4.64. The minimum Gasteiger partial charge on any atom is -0.323 e. The van der Waals surface area contributed by atoms with Gasteiger partial charge in [0.25, 0.3) is 5.91 Å². The topological polar surface area (TPSA) is 91.4 Å². The molecule has 1 aliphatic carbocycles. The van der Waals surface area contributed by atoms with Gasteiger partial charge in [-0.25, -0.2) is 9.78 Å². The van der Waals surface area contributed by atoms with E-state index < -0.39 is 17.5 Å². The van der Waals surface area contributed by atoms with Crippen molar-refractivity contribution < 1.29 is 14.4 Å². The second-order valence-corrected chi connectivity index (χ2v) is 10.3. The van der Waals surface area contributed by atoms with Crippen LogP contribution in [-0.2, 0) is 9.59 Å². The second kappa shape index (κ2) is 6.79. The molecule has 1 aliphatic heterocycles. The van der Waals surface area contributed by atoms with Crippen molar-refractivity contribution in [2.75, 3.05) is 11.9 Å². The van der Waals surface area contributed by atoms with Crippen molar-refractivity contribution in [2.45, 2.75) is 52.5 Å². The van der Waals surface area contributed by atoms with Crippen LogP contribution in [0.15, 0.2) is 18.2 Å². The van der Waals surface area contributed by atoms with E-state index in [-0.39, 0.29) is 17.9 Å². The van der Waals surface area contributed by atoms with Gasteiger partial charge in [0.1, 0.15) is 12.1 Å². The minimum atomic E-state index is -0.897. The molecule has 1 aromatic carbocycles. The predicted molar refractivity (Wildman–Crippen MR) is 113 cm³/mol. The van der Waals surface area contributed by atoms with E-state index in [1.807, 2.05) is 25.1 Å². The Morgan fingerprint density at radius 1 is 1.34 bits per heavy atom. The lowest BCUT2D eigenvalue weighted by Crippen LogP contribution is -2.54. The molecule has 2 heterocycles. The number of hydrogen-bond acceptors (Lipinski definition) is 5. The number of anilines is 1. The van der Waals surface area contributed by atoms with E-state index in [4.69, 9.17) is 0 Å². The summed E-state index contributed by atoms with van der Waals surface area (Å²) in [6.07, 6.45) is 2.20. The minimum absolute atomic E-state index is 0.0439. The molecule has 2 fully saturated rings. The SMILES string of the molecule is Cc1cccc2sc(NC(=O)CN3C(=O)N[C@@]4(C[C@@H](C)CC(C)(C)C4)C3=O)nc12. The van der Waals surface area contributed by atoms with Crippen LogP contribution in [0.4, 0.5) is 9.93 Å². The highest BCUT2D eigenvalue weighted by molar-refractivity contribution is 7.22. The second-order valence-electron chi connectivity index (χ2n) is 9.25. The van der Waals surface area contributed by atoms with Crippen molar-refractivity contribution in [3.05, 3.63) is 23.8 Å². The van der Waals surface area contributed by atoms with Gasteiger partial charge < -0.3 is 10.6 Å². The molecule has 4 amide bonds. The zero-order chi connectivity index (χ0) is 21.0. The molecule has 1 saturated carbocycles. The summed E-state index contributed by atoms with van der Waals surface area (Å²) in [5.74, 6) is -0.398. The summed E-state index contributed by atoms with van der Waals surface area (Å²) in [6, 6.07) is 5.37. The molecule has 1 spiro atoms. The molecule has 0 radical (unpaired) electrons. The van der Waals surface area contributed by atoms with Crippen LogP contribution >= 0.6 is 11.3 Å². The number of amides is 4. The highest BCUT2D eigenvalue weighted by atomic mass is 32.1. The number of rotatable bonds is 3. The number of carbonyl (C=O) groups excluding carboxylic acids is 3. The van der Waals surface area contributed by atoms with Crippen molar-refractivity contribution in [2.24, 2.45) is 11.3 Å². The number of nitrogens with zero attached hydrogens (tertiary/aromatic N) is 2. The molecular weight excluding hydrogens is 388 g/mol. The first kappa shape index (κ1) is 19.8. The van der Waals surface area contributed by atoms with E-state index in [0.717, 1.165) is 27.1 Å². The van der Waals surface area contributed by atoms with Gasteiger partial charge in [0, 0.05) is 0 Å². The zero-order valence-electron chi connectivity index (χ0n) is 17.2. The zero-order valence-corrected chi connectivity index (χ0v) is 18.0. The Hall–Kier alpha value is -2.48. The van der Waals surface area contributed by atoms with Crippen molar-refractivity contribution in [1.29, 1.82) is 0 Å². The van der Waals surface area contributed by atoms with Gasteiger partial charge in [-0.15, -0.1) is 0 Å². The number of hydrogen-bond donors (Lipinski definition) is 2. The van der Waals surface area contributed by atoms with E-state index in [9.17, 15) is 14.4 Å². The highest BCUT2D eigenvalue weighted by Gasteiger charge is 2.56. The van der Waals surface area contributed by atoms with Crippen LogP contribution in [0.1, 0.15) is 45.6 Å². The number of imide groups is 1. The summed E-state index contributed by atoms with van der Waals surface area (Å²) in [6.45, 7) is 8.00. The first-order valence-corrected chi connectivity index (χ1v) is 10.7. The summed E-state index contributed by atoms with van der Waals surface area (Å²) in [7, 11) is 0. The molecule has 2 aromatic rings. The Morgan fingerprint density at radius 3 is 2.79 bits per heavy atom. The molecule has 2 N–H and O–H groups in total. The maximum absolute atomic E-state index is 13.1. The summed E-state index contributed by atoms with van der Waals surface area (Å²) >= 11 is 1.37. The number of nitrogens with one attached hydrogen (secondary N) is 2. The van der Waals surface area contributed by atoms with Gasteiger partial charge >= 0.3 is 6.03 Å². The van der Waals surface area contributed by atoms with Gasteiger partial charge in [0.2, 0.25) is 5.91 Å². The van der Waals surface area contributed by atoms with Crippen molar-refractivity contribution in [1.82, 2.24) is 15.2 Å². The molecule has 7 nitrogen and oxygen atoms in total. The van der Waals surface area contributed by atoms with Crippen LogP contribution in [0.25, 0.3) is 10.2 Å². The molecule has 29 heavy (non-hydrogen) atoms. The van der Waals surface area contributed by atoms with Crippen LogP contribution in [0.5, 0.6) is 0 Å². The largest absolute Gasteiger partial charge is 0.325 e. The number of benzene rings is 1. The van der Waals surface area contributed by atoms with Crippen LogP contribution < -0.4 is 10.6 Å². The Labute approximate surface area is 173 Å². The third-order valence-electron chi connectivity index (χ3n) is 5.79. The van der Waals surface area contributed by atoms with Crippen molar-refractivity contribution >= 4 is 44.5 Å². The monoisotopic (exact) mass is 414 g/mol. The van der Waals surface area contributed by atoms with Gasteiger partial charge in [0.05, 0.1) is 10.2 Å². The molecule has 154 valence electrons. The van der Waals surface area contributed by atoms with Crippen LogP contribution in [-0.4, -0.2) is 39.8 Å². The Balaban J connectivity index is 1.48. The van der Waals surface area contributed by atoms with E-state index in [2.05, 4.69) is 36.4 Å². The van der Waals surface area contributed by atoms with E-state index in [0.29, 0.717) is 23.9 Å². The number of thiazole rings is 1. The smallest absolute Gasteiger partial charge is 0.323 e. The molecule has 8 heteroatoms. The van der Waals surface area contributed by atoms with Gasteiger partial charge in [-0.2, -0.15) is 0 Å². The fourth-order valence-electron chi connectivity index (χ4n) is 5.09. The number of aromatic nitrogens is 1. The lowest BCUT2D eigenvalue weighted by Gasteiger charge is -2.43. The van der Waals surface area contributed by atoms with Gasteiger partial charge in [-0.05, 0) is 49.1 Å². The Morgan fingerprint density at radius 2 is 2.10 bits per heavy atom. The number of para-hydroxylation sites is 1. The van der Waals surface area contributed by atoms with E-state index >= 15 is 0 Å². The standard InChI is InChI=1S/C21H26N4O3S/c1-12-8-20(3,4)11-21(9-12)17(27)25(19(28)24-21)10-15(26)22-18-23-16-13(2)6-5-7-14(16)29-18/h5-7,12H,8-11H2,1-4H3,(H,24,28)(H,22,23,26)/t12-,21+/m0/s1. The van der Waals surface area contributed by atoms with Crippen molar-refractivity contribution in [3.8, 4) is 0 Å². The Bertz CT molecular complexity index is 1010. The fraction of sp³-hybridized carbons (Fsp3) is 0.524. The fourth-order valence-corrected chi connectivity index (χ4v) is 6.05. The molecule has 0 unspecified atom stereocenters. The third-order valence-corrected chi connectivity index (χ3v) is 6.73. The highest BCUT2D eigenvalue weighted by Crippen LogP contribution is 2.46. The van der Waals surface area contributed by atoms with Crippen LogP contribution in [0.2, 0.25) is 0 Å². The molecule has 2 atom stereocenters. The molecule has 2 aliphatic rings. The van der Waals surface area contributed by atoms with Gasteiger partial charge in [-0.3, -0.25) is 14.5 Å². The summed E-state index contributed by atoms with van der Waals surface area (Å²) in [4.78, 5) is 43.8. The summed E-state index contributed by atoms with van der Waals surface area (Å²) in [5, 5.41) is 6.10. The number of urea groups is 1. The molecule has 4 rings (SSSR count). The maximum Gasteiger partial charge on any atom is 0.325 e. The lowest BCUT2D eigenvalue weighted by molar-refractivity contribution is -0.136. The maximum atomic E-state index is 13.1. The molecular formula is C21H26N4O3S. The normalized spacial score (nSPS) is 26.2. The van der Waals surface area contributed by atoms with Crippen LogP contribution in [0, 0.1) is 18.3 Å². The quantitative estimate of drug-likeness (QED) is 0.750. The molecule has 0 bridgehead atoms.